The summed E-state index contributed by atoms with van der Waals surface area (Å²) in [6, 6.07) is 14.0. The van der Waals surface area contributed by atoms with Gasteiger partial charge in [-0.15, -0.1) is 0 Å². The molecule has 0 heterocycles. The second kappa shape index (κ2) is 9.25. The first-order valence-electron chi connectivity index (χ1n) is 8.33. The van der Waals surface area contributed by atoms with E-state index < -0.39 is 6.04 Å². The van der Waals surface area contributed by atoms with Gasteiger partial charge in [0.2, 0.25) is 11.8 Å². The largest absolute Gasteiger partial charge is 0.497 e. The highest BCUT2D eigenvalue weighted by Crippen LogP contribution is 2.17. The van der Waals surface area contributed by atoms with Crippen LogP contribution in [0.5, 0.6) is 5.75 Å². The minimum Gasteiger partial charge on any atom is -0.497 e. The number of rotatable bonds is 7. The van der Waals surface area contributed by atoms with Gasteiger partial charge in [0.25, 0.3) is 0 Å². The Kier molecular flexibility index (Phi) is 7.04. The minimum atomic E-state index is -0.592. The number of amides is 2. The number of ether oxygens (including phenoxy) is 1. The molecule has 0 aliphatic carbocycles. The minimum absolute atomic E-state index is 0.133. The highest BCUT2D eigenvalue weighted by Gasteiger charge is 2.25. The van der Waals surface area contributed by atoms with Gasteiger partial charge in [-0.3, -0.25) is 9.59 Å². The molecule has 26 heavy (non-hydrogen) atoms. The average Bonchev–Trinajstić information content (AvgIpc) is 2.66. The summed E-state index contributed by atoms with van der Waals surface area (Å²) in [7, 11) is 3.15. The van der Waals surface area contributed by atoms with E-state index in [4.69, 9.17) is 16.3 Å². The SMILES string of the molecule is CNC(=O)[C@@H](C)N(Cc1cccc(OC)c1)C(=O)Cc1ccc(Cl)cc1. The van der Waals surface area contributed by atoms with Gasteiger partial charge in [-0.25, -0.2) is 0 Å². The molecule has 1 atom stereocenters. The number of carbonyl (C=O) groups is 2. The van der Waals surface area contributed by atoms with Crippen LogP contribution in [0.3, 0.4) is 0 Å². The highest BCUT2D eigenvalue weighted by atomic mass is 35.5. The lowest BCUT2D eigenvalue weighted by Crippen LogP contribution is -2.47. The quantitative estimate of drug-likeness (QED) is 0.810. The van der Waals surface area contributed by atoms with E-state index in [1.165, 1.54) is 0 Å². The summed E-state index contributed by atoms with van der Waals surface area (Å²) in [5, 5.41) is 3.22. The van der Waals surface area contributed by atoms with E-state index in [2.05, 4.69) is 5.32 Å². The van der Waals surface area contributed by atoms with Crippen molar-refractivity contribution in [3.05, 3.63) is 64.7 Å². The van der Waals surface area contributed by atoms with Crippen LogP contribution in [0.1, 0.15) is 18.1 Å². The maximum Gasteiger partial charge on any atom is 0.242 e. The Morgan fingerprint density at radius 2 is 1.85 bits per heavy atom. The van der Waals surface area contributed by atoms with Gasteiger partial charge in [0.05, 0.1) is 13.5 Å². The molecule has 0 fully saturated rings. The van der Waals surface area contributed by atoms with Crippen LogP contribution in [-0.2, 0) is 22.6 Å². The maximum absolute atomic E-state index is 12.9. The molecule has 0 aliphatic heterocycles. The van der Waals surface area contributed by atoms with Crippen LogP contribution in [0.2, 0.25) is 5.02 Å². The van der Waals surface area contributed by atoms with Crippen LogP contribution in [0.15, 0.2) is 48.5 Å². The predicted octanol–water partition coefficient (Wildman–Crippen LogP) is 3.05. The lowest BCUT2D eigenvalue weighted by Gasteiger charge is -2.28. The third kappa shape index (κ3) is 5.23. The van der Waals surface area contributed by atoms with Crippen molar-refractivity contribution in [1.82, 2.24) is 10.2 Å². The zero-order chi connectivity index (χ0) is 19.1. The van der Waals surface area contributed by atoms with Gasteiger partial charge in [0.1, 0.15) is 11.8 Å². The summed E-state index contributed by atoms with van der Waals surface area (Å²) >= 11 is 5.90. The van der Waals surface area contributed by atoms with Crippen LogP contribution in [0.4, 0.5) is 0 Å². The van der Waals surface area contributed by atoms with Crippen molar-refractivity contribution in [3.63, 3.8) is 0 Å². The Labute approximate surface area is 158 Å². The van der Waals surface area contributed by atoms with Gasteiger partial charge in [0, 0.05) is 18.6 Å². The van der Waals surface area contributed by atoms with E-state index in [0.29, 0.717) is 17.3 Å². The molecule has 2 amide bonds. The van der Waals surface area contributed by atoms with E-state index in [-0.39, 0.29) is 18.2 Å². The molecule has 1 N–H and O–H groups in total. The maximum atomic E-state index is 12.9. The normalized spacial score (nSPS) is 11.5. The molecule has 0 bridgehead atoms. The third-order valence-electron chi connectivity index (χ3n) is 4.17. The molecule has 0 aliphatic rings. The van der Waals surface area contributed by atoms with Crippen molar-refractivity contribution in [2.24, 2.45) is 0 Å². The van der Waals surface area contributed by atoms with Crippen molar-refractivity contribution in [3.8, 4) is 5.75 Å². The molecule has 0 aromatic heterocycles. The number of nitrogens with one attached hydrogen (secondary N) is 1. The lowest BCUT2D eigenvalue weighted by atomic mass is 10.1. The lowest BCUT2D eigenvalue weighted by molar-refractivity contribution is -0.139. The van der Waals surface area contributed by atoms with Crippen molar-refractivity contribution in [2.75, 3.05) is 14.2 Å². The number of halogens is 1. The first kappa shape index (κ1) is 19.8. The Morgan fingerprint density at radius 1 is 1.15 bits per heavy atom. The van der Waals surface area contributed by atoms with Crippen LogP contribution < -0.4 is 10.1 Å². The molecule has 0 radical (unpaired) electrons. The second-order valence-electron chi connectivity index (χ2n) is 5.97. The van der Waals surface area contributed by atoms with Crippen molar-refractivity contribution in [1.29, 1.82) is 0 Å². The number of likely N-dealkylation sites (N-methyl/N-ethyl adjacent to an activating group) is 1. The molecular formula is C20H23ClN2O3. The van der Waals surface area contributed by atoms with Gasteiger partial charge in [-0.2, -0.15) is 0 Å². The van der Waals surface area contributed by atoms with Gasteiger partial charge in [-0.1, -0.05) is 35.9 Å². The van der Waals surface area contributed by atoms with Gasteiger partial charge >= 0.3 is 0 Å². The van der Waals surface area contributed by atoms with E-state index in [0.717, 1.165) is 11.1 Å². The first-order chi connectivity index (χ1) is 12.4. The van der Waals surface area contributed by atoms with Crippen molar-refractivity contribution >= 4 is 23.4 Å². The van der Waals surface area contributed by atoms with E-state index in [1.807, 2.05) is 36.4 Å². The first-order valence-corrected chi connectivity index (χ1v) is 8.71. The molecular weight excluding hydrogens is 352 g/mol. The number of hydrogen-bond acceptors (Lipinski definition) is 3. The van der Waals surface area contributed by atoms with Crippen LogP contribution in [0.25, 0.3) is 0 Å². The zero-order valence-electron chi connectivity index (χ0n) is 15.2. The van der Waals surface area contributed by atoms with E-state index in [1.54, 1.807) is 38.1 Å². The third-order valence-corrected chi connectivity index (χ3v) is 4.42. The monoisotopic (exact) mass is 374 g/mol. The molecule has 138 valence electrons. The summed E-state index contributed by atoms with van der Waals surface area (Å²) in [5.74, 6) is 0.365. The van der Waals surface area contributed by atoms with Crippen LogP contribution in [0, 0.1) is 0 Å². The van der Waals surface area contributed by atoms with Crippen molar-refractivity contribution in [2.45, 2.75) is 25.9 Å². The Bertz CT molecular complexity index is 762. The number of hydrogen-bond donors (Lipinski definition) is 1. The smallest absolute Gasteiger partial charge is 0.242 e. The fourth-order valence-electron chi connectivity index (χ4n) is 2.64. The Morgan fingerprint density at radius 3 is 2.46 bits per heavy atom. The number of carbonyl (C=O) groups excluding carboxylic acids is 2. The fourth-order valence-corrected chi connectivity index (χ4v) is 2.76. The molecule has 0 spiro atoms. The van der Waals surface area contributed by atoms with Crippen LogP contribution >= 0.6 is 11.6 Å². The zero-order valence-corrected chi connectivity index (χ0v) is 15.9. The Hall–Kier alpha value is -2.53. The summed E-state index contributed by atoms with van der Waals surface area (Å²) in [5.41, 5.74) is 1.74. The number of methoxy groups -OCH3 is 1. The molecule has 0 unspecified atom stereocenters. The molecule has 2 aromatic carbocycles. The number of nitrogens with zero attached hydrogens (tertiary/aromatic N) is 1. The topological polar surface area (TPSA) is 58.6 Å². The fraction of sp³-hybridized carbons (Fsp3) is 0.300. The van der Waals surface area contributed by atoms with Crippen molar-refractivity contribution < 1.29 is 14.3 Å². The summed E-state index contributed by atoms with van der Waals surface area (Å²) < 4.78 is 5.24. The highest BCUT2D eigenvalue weighted by molar-refractivity contribution is 6.30. The molecule has 2 rings (SSSR count). The van der Waals surface area contributed by atoms with Gasteiger partial charge in [0.15, 0.2) is 0 Å². The predicted molar refractivity (Wildman–Crippen MR) is 102 cm³/mol. The molecule has 0 saturated carbocycles. The second-order valence-corrected chi connectivity index (χ2v) is 6.40. The summed E-state index contributed by atoms with van der Waals surface area (Å²) in [4.78, 5) is 26.6. The molecule has 2 aromatic rings. The van der Waals surface area contributed by atoms with E-state index in [9.17, 15) is 9.59 Å². The van der Waals surface area contributed by atoms with Gasteiger partial charge < -0.3 is 15.0 Å². The standard InChI is InChI=1S/C20H23ClN2O3/c1-14(20(25)22-2)23(13-16-5-4-6-18(11-16)26-3)19(24)12-15-7-9-17(21)10-8-15/h4-11,14H,12-13H2,1-3H3,(H,22,25)/t14-/m1/s1. The average molecular weight is 375 g/mol. The summed E-state index contributed by atoms with van der Waals surface area (Å²) in [6.45, 7) is 2.04. The van der Waals surface area contributed by atoms with Gasteiger partial charge in [-0.05, 0) is 42.3 Å². The Balaban J connectivity index is 2.22. The van der Waals surface area contributed by atoms with E-state index >= 15 is 0 Å². The number of benzene rings is 2. The molecule has 6 heteroatoms. The summed E-state index contributed by atoms with van der Waals surface area (Å²) in [6.07, 6.45) is 0.197. The molecule has 5 nitrogen and oxygen atoms in total. The molecule has 0 saturated heterocycles. The van der Waals surface area contributed by atoms with Crippen LogP contribution in [-0.4, -0.2) is 36.9 Å².